The molecule has 0 fully saturated rings. The van der Waals surface area contributed by atoms with Gasteiger partial charge in [-0.25, -0.2) is 0 Å². The Morgan fingerprint density at radius 2 is 2.14 bits per heavy atom. The minimum Gasteiger partial charge on any atom is -0.376 e. The maximum Gasteiger partial charge on any atom is 0.107 e. The van der Waals surface area contributed by atoms with Gasteiger partial charge in [-0.1, -0.05) is 19.1 Å². The van der Waals surface area contributed by atoms with Crippen LogP contribution >= 0.6 is 37.5 Å². The third kappa shape index (κ3) is 3.19. The van der Waals surface area contributed by atoms with Crippen molar-refractivity contribution >= 4 is 42.5 Å². The SMILES string of the molecule is CCCNC(=S)c1cc(S)ccc1S. The van der Waals surface area contributed by atoms with E-state index in [0.717, 1.165) is 33.3 Å². The van der Waals surface area contributed by atoms with Crippen LogP contribution < -0.4 is 5.32 Å². The van der Waals surface area contributed by atoms with Crippen molar-refractivity contribution in [2.75, 3.05) is 6.54 Å². The van der Waals surface area contributed by atoms with E-state index in [-0.39, 0.29) is 0 Å². The first-order chi connectivity index (χ1) is 6.65. The van der Waals surface area contributed by atoms with Gasteiger partial charge in [-0.05, 0) is 24.6 Å². The van der Waals surface area contributed by atoms with Crippen molar-refractivity contribution < 1.29 is 0 Å². The van der Waals surface area contributed by atoms with Crippen molar-refractivity contribution in [2.45, 2.75) is 23.1 Å². The van der Waals surface area contributed by atoms with E-state index in [9.17, 15) is 0 Å². The zero-order chi connectivity index (χ0) is 10.6. The van der Waals surface area contributed by atoms with Crippen LogP contribution in [0, 0.1) is 0 Å². The predicted molar refractivity (Wildman–Crippen MR) is 70.9 cm³/mol. The summed E-state index contributed by atoms with van der Waals surface area (Å²) in [6.07, 6.45) is 1.06. The van der Waals surface area contributed by atoms with Crippen LogP contribution in [0.5, 0.6) is 0 Å². The molecule has 1 aromatic rings. The molecule has 0 aliphatic rings. The van der Waals surface area contributed by atoms with Gasteiger partial charge in [0.1, 0.15) is 4.99 Å². The molecule has 0 atom stereocenters. The van der Waals surface area contributed by atoms with Crippen LogP contribution in [0.3, 0.4) is 0 Å². The molecule has 0 unspecified atom stereocenters. The second-order valence-electron chi connectivity index (χ2n) is 2.96. The molecule has 0 aliphatic carbocycles. The summed E-state index contributed by atoms with van der Waals surface area (Å²) in [5, 5.41) is 3.17. The van der Waals surface area contributed by atoms with Crippen LogP contribution in [0.4, 0.5) is 0 Å². The highest BCUT2D eigenvalue weighted by atomic mass is 32.1. The fourth-order valence-electron chi connectivity index (χ4n) is 1.04. The van der Waals surface area contributed by atoms with E-state index in [1.165, 1.54) is 0 Å². The molecule has 1 rings (SSSR count). The van der Waals surface area contributed by atoms with Crippen LogP contribution in [-0.4, -0.2) is 11.5 Å². The number of rotatable bonds is 3. The Balaban J connectivity index is 2.83. The predicted octanol–water partition coefficient (Wildman–Crippen LogP) is 2.94. The first-order valence-electron chi connectivity index (χ1n) is 4.45. The average Bonchev–Trinajstić information content (AvgIpc) is 2.18. The Kier molecular flexibility index (Phi) is 4.78. The highest BCUT2D eigenvalue weighted by Gasteiger charge is 2.04. The van der Waals surface area contributed by atoms with Crippen molar-refractivity contribution in [3.05, 3.63) is 23.8 Å². The standard InChI is InChI=1S/C10H13NS3/c1-2-5-11-10(14)8-6-7(12)3-4-9(8)13/h3-4,6,12-13H,2,5H2,1H3,(H,11,14). The van der Waals surface area contributed by atoms with Gasteiger partial charge in [0.05, 0.1) is 0 Å². The second-order valence-corrected chi connectivity index (χ2v) is 4.36. The molecule has 1 nitrogen and oxygen atoms in total. The molecule has 0 aromatic heterocycles. The van der Waals surface area contributed by atoms with Gasteiger partial charge in [0.25, 0.3) is 0 Å². The molecular weight excluding hydrogens is 230 g/mol. The van der Waals surface area contributed by atoms with Gasteiger partial charge in [-0.3, -0.25) is 0 Å². The van der Waals surface area contributed by atoms with Gasteiger partial charge < -0.3 is 5.32 Å². The Labute approximate surface area is 101 Å². The molecule has 0 amide bonds. The highest BCUT2D eigenvalue weighted by Crippen LogP contribution is 2.18. The van der Waals surface area contributed by atoms with Crippen molar-refractivity contribution in [3.63, 3.8) is 0 Å². The molecule has 0 radical (unpaired) electrons. The third-order valence-corrected chi connectivity index (χ3v) is 2.79. The zero-order valence-electron chi connectivity index (χ0n) is 7.95. The van der Waals surface area contributed by atoms with Gasteiger partial charge in [0, 0.05) is 21.9 Å². The van der Waals surface area contributed by atoms with Crippen LogP contribution in [0.1, 0.15) is 18.9 Å². The molecule has 1 aromatic carbocycles. The summed E-state index contributed by atoms with van der Waals surface area (Å²) < 4.78 is 0. The summed E-state index contributed by atoms with van der Waals surface area (Å²) in [6.45, 7) is 3.00. The average molecular weight is 243 g/mol. The zero-order valence-corrected chi connectivity index (χ0v) is 10.6. The normalized spacial score (nSPS) is 9.93. The maximum atomic E-state index is 5.24. The van der Waals surface area contributed by atoms with E-state index >= 15 is 0 Å². The molecule has 0 aliphatic heterocycles. The molecule has 4 heteroatoms. The Bertz CT molecular complexity index is 336. The lowest BCUT2D eigenvalue weighted by Crippen LogP contribution is -2.23. The fraction of sp³-hybridized carbons (Fsp3) is 0.300. The largest absolute Gasteiger partial charge is 0.376 e. The molecule has 0 saturated carbocycles. The summed E-state index contributed by atoms with van der Waals surface area (Å²) in [5.41, 5.74) is 0.948. The van der Waals surface area contributed by atoms with Crippen LogP contribution in [-0.2, 0) is 0 Å². The monoisotopic (exact) mass is 243 g/mol. The second kappa shape index (κ2) is 5.63. The number of thiol groups is 2. The Hall–Kier alpha value is -0.190. The van der Waals surface area contributed by atoms with E-state index in [4.69, 9.17) is 12.2 Å². The van der Waals surface area contributed by atoms with Crippen LogP contribution in [0.15, 0.2) is 28.0 Å². The quantitative estimate of drug-likeness (QED) is 0.557. The minimum atomic E-state index is 0.743. The molecule has 0 heterocycles. The van der Waals surface area contributed by atoms with Gasteiger partial charge in [-0.2, -0.15) is 0 Å². The molecular formula is C10H13NS3. The van der Waals surface area contributed by atoms with Crippen molar-refractivity contribution in [3.8, 4) is 0 Å². The summed E-state index contributed by atoms with van der Waals surface area (Å²) in [5.74, 6) is 0. The summed E-state index contributed by atoms with van der Waals surface area (Å²) in [7, 11) is 0. The van der Waals surface area contributed by atoms with Gasteiger partial charge >= 0.3 is 0 Å². The van der Waals surface area contributed by atoms with Crippen molar-refractivity contribution in [1.29, 1.82) is 0 Å². The summed E-state index contributed by atoms with van der Waals surface area (Å²) in [4.78, 5) is 2.53. The number of thiocarbonyl (C=S) groups is 1. The first kappa shape index (κ1) is 11.9. The number of nitrogens with one attached hydrogen (secondary N) is 1. The topological polar surface area (TPSA) is 12.0 Å². The number of hydrogen-bond acceptors (Lipinski definition) is 3. The van der Waals surface area contributed by atoms with E-state index in [0.29, 0.717) is 0 Å². The van der Waals surface area contributed by atoms with Crippen molar-refractivity contribution in [2.24, 2.45) is 0 Å². The van der Waals surface area contributed by atoms with Gasteiger partial charge in [-0.15, -0.1) is 25.3 Å². The van der Waals surface area contributed by atoms with E-state index in [1.807, 2.05) is 18.2 Å². The number of benzene rings is 1. The Morgan fingerprint density at radius 1 is 1.43 bits per heavy atom. The molecule has 0 saturated heterocycles. The summed E-state index contributed by atoms with van der Waals surface area (Å²) in [6, 6.07) is 5.73. The molecule has 14 heavy (non-hydrogen) atoms. The minimum absolute atomic E-state index is 0.743. The molecule has 1 N–H and O–H groups in total. The third-order valence-electron chi connectivity index (χ3n) is 1.76. The van der Waals surface area contributed by atoms with E-state index in [2.05, 4.69) is 37.5 Å². The van der Waals surface area contributed by atoms with Gasteiger partial charge in [0.15, 0.2) is 0 Å². The molecule has 0 spiro atoms. The molecule has 76 valence electrons. The smallest absolute Gasteiger partial charge is 0.107 e. The van der Waals surface area contributed by atoms with E-state index < -0.39 is 0 Å². The summed E-state index contributed by atoms with van der Waals surface area (Å²) >= 11 is 13.8. The first-order valence-corrected chi connectivity index (χ1v) is 5.75. The number of hydrogen-bond donors (Lipinski definition) is 3. The maximum absolute atomic E-state index is 5.24. The fourth-order valence-corrected chi connectivity index (χ4v) is 1.84. The van der Waals surface area contributed by atoms with Gasteiger partial charge in [0.2, 0.25) is 0 Å². The van der Waals surface area contributed by atoms with E-state index in [1.54, 1.807) is 0 Å². The molecule has 0 bridgehead atoms. The lowest BCUT2D eigenvalue weighted by atomic mass is 10.2. The van der Waals surface area contributed by atoms with Crippen LogP contribution in [0.25, 0.3) is 0 Å². The Morgan fingerprint density at radius 3 is 2.79 bits per heavy atom. The highest BCUT2D eigenvalue weighted by molar-refractivity contribution is 7.82. The lowest BCUT2D eigenvalue weighted by molar-refractivity contribution is 0.847. The van der Waals surface area contributed by atoms with Crippen molar-refractivity contribution in [1.82, 2.24) is 5.32 Å². The lowest BCUT2D eigenvalue weighted by Gasteiger charge is -2.09. The van der Waals surface area contributed by atoms with Crippen LogP contribution in [0.2, 0.25) is 0 Å².